The summed E-state index contributed by atoms with van der Waals surface area (Å²) in [6, 6.07) is 0. The van der Waals surface area contributed by atoms with Crippen molar-refractivity contribution in [3.63, 3.8) is 0 Å². The van der Waals surface area contributed by atoms with Crippen molar-refractivity contribution in [3.8, 4) is 0 Å². The third-order valence-electron chi connectivity index (χ3n) is 2.60. The average molecular weight is 233 g/mol. The van der Waals surface area contributed by atoms with Gasteiger partial charge < -0.3 is 0 Å². The molecule has 14 heavy (non-hydrogen) atoms. The van der Waals surface area contributed by atoms with Crippen molar-refractivity contribution in [2.24, 2.45) is 0 Å². The van der Waals surface area contributed by atoms with Crippen LogP contribution in [0.4, 0.5) is 0 Å². The predicted octanol–water partition coefficient (Wildman–Crippen LogP) is 4.39. The quantitative estimate of drug-likeness (QED) is 0.380. The van der Waals surface area contributed by atoms with E-state index in [0.717, 1.165) is 6.61 Å². The van der Waals surface area contributed by atoms with Gasteiger partial charge in [0.2, 0.25) is 0 Å². The van der Waals surface area contributed by atoms with E-state index in [1.165, 1.54) is 64.2 Å². The molecule has 0 fully saturated rings. The summed E-state index contributed by atoms with van der Waals surface area (Å²) in [7, 11) is 0. The summed E-state index contributed by atoms with van der Waals surface area (Å²) < 4.78 is 5.01. The van der Waals surface area contributed by atoms with Crippen molar-refractivity contribution in [2.45, 2.75) is 71.1 Å². The Morgan fingerprint density at radius 3 is 1.57 bits per heavy atom. The topological polar surface area (TPSA) is 9.23 Å². The first-order chi connectivity index (χ1) is 6.91. The van der Waals surface area contributed by atoms with Crippen LogP contribution in [0, 0.1) is 0 Å². The van der Waals surface area contributed by atoms with E-state index in [4.69, 9.17) is 3.32 Å². The van der Waals surface area contributed by atoms with Crippen LogP contribution in [-0.4, -0.2) is 6.61 Å². The summed E-state index contributed by atoms with van der Waals surface area (Å²) in [5.41, 5.74) is 0. The third kappa shape index (κ3) is 12.7. The van der Waals surface area contributed by atoms with Gasteiger partial charge in [0, 0.05) is 0 Å². The van der Waals surface area contributed by atoms with Crippen LogP contribution in [0.25, 0.3) is 0 Å². The second-order valence-corrected chi connectivity index (χ2v) is 4.48. The first-order valence-corrected chi connectivity index (χ1v) is 6.84. The molecule has 0 aliphatic rings. The van der Waals surface area contributed by atoms with Crippen LogP contribution in [0.1, 0.15) is 71.1 Å². The molecule has 0 atom stereocenters. The minimum atomic E-state index is 0.941. The number of rotatable bonds is 11. The number of hydrogen-bond donors (Lipinski definition) is 0. The summed E-state index contributed by atoms with van der Waals surface area (Å²) in [5, 5.41) is 0. The zero-order valence-electron chi connectivity index (χ0n) is 9.69. The first kappa shape index (κ1) is 14.7. The van der Waals surface area contributed by atoms with Gasteiger partial charge in [0.1, 0.15) is 0 Å². The number of unbranched alkanes of at least 4 members (excludes halogenated alkanes) is 9. The Bertz CT molecular complexity index is 84.3. The molecular formula is C12H25OTi. The number of hydrogen-bond acceptors (Lipinski definition) is 1. The Kier molecular flexibility index (Phi) is 14.3. The predicted molar refractivity (Wildman–Crippen MR) is 57.8 cm³/mol. The maximum atomic E-state index is 5.01. The van der Waals surface area contributed by atoms with Crippen molar-refractivity contribution in [1.82, 2.24) is 0 Å². The van der Waals surface area contributed by atoms with Crippen LogP contribution in [0.5, 0.6) is 0 Å². The van der Waals surface area contributed by atoms with E-state index in [1.807, 2.05) is 0 Å². The molecule has 0 aliphatic carbocycles. The Labute approximate surface area is 102 Å². The van der Waals surface area contributed by atoms with Crippen molar-refractivity contribution >= 4 is 0 Å². The van der Waals surface area contributed by atoms with Gasteiger partial charge >= 0.3 is 95.0 Å². The second kappa shape index (κ2) is 13.7. The van der Waals surface area contributed by atoms with E-state index >= 15 is 0 Å². The molecule has 0 aliphatic heterocycles. The van der Waals surface area contributed by atoms with Gasteiger partial charge in [-0.3, -0.25) is 0 Å². The average Bonchev–Trinajstić information content (AvgIpc) is 2.21. The standard InChI is InChI=1S/C12H25O.Ti/c1-2-3-4-5-6-7-8-9-10-11-12-13;/h2-12H2,1H3;/q-1;+1. The van der Waals surface area contributed by atoms with Gasteiger partial charge in [-0.05, 0) is 0 Å². The van der Waals surface area contributed by atoms with Gasteiger partial charge in [0.25, 0.3) is 0 Å². The van der Waals surface area contributed by atoms with Gasteiger partial charge in [-0.25, -0.2) is 0 Å². The van der Waals surface area contributed by atoms with Gasteiger partial charge in [0.15, 0.2) is 0 Å². The molecule has 0 N–H and O–H groups in total. The summed E-state index contributed by atoms with van der Waals surface area (Å²) in [6.45, 7) is 3.21. The van der Waals surface area contributed by atoms with Crippen LogP contribution < -0.4 is 0 Å². The molecule has 0 heterocycles. The minimum absolute atomic E-state index is 0.941. The molecule has 0 saturated carbocycles. The Morgan fingerprint density at radius 1 is 0.714 bits per heavy atom. The van der Waals surface area contributed by atoms with Gasteiger partial charge in [-0.15, -0.1) is 0 Å². The fraction of sp³-hybridized carbons (Fsp3) is 1.00. The van der Waals surface area contributed by atoms with E-state index in [0.29, 0.717) is 0 Å². The van der Waals surface area contributed by atoms with E-state index in [9.17, 15) is 0 Å². The first-order valence-electron chi connectivity index (χ1n) is 6.20. The van der Waals surface area contributed by atoms with Crippen molar-refractivity contribution in [3.05, 3.63) is 0 Å². The Hall–Kier alpha value is 0.674. The molecule has 0 spiro atoms. The molecule has 0 saturated heterocycles. The SMILES string of the molecule is CCCCCCCCCCCC[O][Ti]. The fourth-order valence-electron chi connectivity index (χ4n) is 1.66. The molecule has 0 unspecified atom stereocenters. The third-order valence-corrected chi connectivity index (χ3v) is 2.92. The fourth-order valence-corrected chi connectivity index (χ4v) is 1.89. The molecule has 0 radical (unpaired) electrons. The summed E-state index contributed by atoms with van der Waals surface area (Å²) in [6.07, 6.45) is 14.0. The molecular weight excluding hydrogens is 208 g/mol. The van der Waals surface area contributed by atoms with Crippen LogP contribution >= 0.6 is 0 Å². The van der Waals surface area contributed by atoms with Crippen molar-refractivity contribution < 1.29 is 24.1 Å². The van der Waals surface area contributed by atoms with Crippen molar-refractivity contribution in [1.29, 1.82) is 0 Å². The van der Waals surface area contributed by atoms with Gasteiger partial charge in [-0.2, -0.15) is 0 Å². The molecule has 0 aromatic carbocycles. The molecule has 0 rings (SSSR count). The normalized spacial score (nSPS) is 10.6. The van der Waals surface area contributed by atoms with Gasteiger partial charge in [-0.1, -0.05) is 6.92 Å². The van der Waals surface area contributed by atoms with Crippen LogP contribution in [-0.2, 0) is 24.1 Å². The Morgan fingerprint density at radius 2 is 1.14 bits per heavy atom. The zero-order valence-corrected chi connectivity index (χ0v) is 11.2. The summed E-state index contributed by atoms with van der Waals surface area (Å²) in [5.74, 6) is 0. The zero-order chi connectivity index (χ0) is 10.5. The molecule has 0 bridgehead atoms. The maximum absolute atomic E-state index is 5.01. The molecule has 0 aromatic rings. The van der Waals surface area contributed by atoms with E-state index in [2.05, 4.69) is 6.92 Å². The molecule has 1 nitrogen and oxygen atoms in total. The van der Waals surface area contributed by atoms with E-state index < -0.39 is 0 Å². The van der Waals surface area contributed by atoms with Crippen molar-refractivity contribution in [2.75, 3.05) is 6.61 Å². The van der Waals surface area contributed by atoms with Gasteiger partial charge in [0.05, 0.1) is 0 Å². The molecule has 83 valence electrons. The van der Waals surface area contributed by atoms with E-state index in [1.54, 1.807) is 20.8 Å². The monoisotopic (exact) mass is 233 g/mol. The van der Waals surface area contributed by atoms with Crippen LogP contribution in [0.2, 0.25) is 0 Å². The second-order valence-electron chi connectivity index (χ2n) is 4.03. The van der Waals surface area contributed by atoms with E-state index in [-0.39, 0.29) is 0 Å². The molecule has 2 heteroatoms. The van der Waals surface area contributed by atoms with Crippen LogP contribution in [0.15, 0.2) is 0 Å². The molecule has 0 aromatic heterocycles. The molecule has 0 amide bonds. The Balaban J connectivity index is 2.78. The summed E-state index contributed by atoms with van der Waals surface area (Å²) in [4.78, 5) is 0. The van der Waals surface area contributed by atoms with Crippen LogP contribution in [0.3, 0.4) is 0 Å². The summed E-state index contributed by atoms with van der Waals surface area (Å²) >= 11 is 1.79.